The SMILES string of the molecule is CCOc1cc(OC2CCN(C(C)C)C2)ccc1Nc1ncc(Cl)c(Nc2ccccc2S(=O)(=O)NC)n1. The molecule has 3 N–H and O–H groups in total. The lowest BCUT2D eigenvalue weighted by atomic mass is 10.2. The van der Waals surface area contributed by atoms with Crippen molar-refractivity contribution in [2.24, 2.45) is 0 Å². The smallest absolute Gasteiger partial charge is 0.242 e. The number of ether oxygens (including phenoxy) is 2. The maximum atomic E-state index is 12.4. The van der Waals surface area contributed by atoms with Crippen LogP contribution in [0.15, 0.2) is 53.6 Å². The number of sulfonamides is 1. The monoisotopic (exact) mass is 560 g/mol. The highest BCUT2D eigenvalue weighted by molar-refractivity contribution is 7.89. The first-order valence-electron chi connectivity index (χ1n) is 12.5. The normalized spacial score (nSPS) is 16.0. The number of nitrogens with zero attached hydrogens (tertiary/aromatic N) is 3. The fourth-order valence-electron chi connectivity index (χ4n) is 4.14. The molecule has 3 aromatic rings. The molecule has 0 bridgehead atoms. The summed E-state index contributed by atoms with van der Waals surface area (Å²) >= 11 is 6.34. The second kappa shape index (κ2) is 12.2. The summed E-state index contributed by atoms with van der Waals surface area (Å²) in [5, 5.41) is 6.41. The molecular formula is C26H33ClN6O4S. The number of halogens is 1. The summed E-state index contributed by atoms with van der Waals surface area (Å²) in [6, 6.07) is 12.6. The van der Waals surface area contributed by atoms with Crippen molar-refractivity contribution >= 4 is 44.8 Å². The zero-order valence-corrected chi connectivity index (χ0v) is 23.4. The number of nitrogens with one attached hydrogen (secondary N) is 3. The third-order valence-corrected chi connectivity index (χ3v) is 7.90. The number of para-hydroxylation sites is 1. The lowest BCUT2D eigenvalue weighted by Gasteiger charge is -2.21. The van der Waals surface area contributed by atoms with Crippen LogP contribution in [0.4, 0.5) is 23.1 Å². The van der Waals surface area contributed by atoms with Crippen molar-refractivity contribution in [2.75, 3.05) is 37.4 Å². The molecule has 12 heteroatoms. The van der Waals surface area contributed by atoms with E-state index in [1.165, 1.54) is 19.3 Å². The van der Waals surface area contributed by atoms with Crippen molar-refractivity contribution in [2.45, 2.75) is 44.2 Å². The van der Waals surface area contributed by atoms with Crippen LogP contribution in [-0.4, -0.2) is 62.2 Å². The van der Waals surface area contributed by atoms with E-state index in [4.69, 9.17) is 21.1 Å². The van der Waals surface area contributed by atoms with Gasteiger partial charge in [0, 0.05) is 25.2 Å². The van der Waals surface area contributed by atoms with Crippen molar-refractivity contribution in [1.82, 2.24) is 19.6 Å². The minimum absolute atomic E-state index is 0.0692. The minimum Gasteiger partial charge on any atom is -0.492 e. The number of likely N-dealkylation sites (tertiary alicyclic amines) is 1. The van der Waals surface area contributed by atoms with Gasteiger partial charge in [-0.25, -0.2) is 18.1 Å². The lowest BCUT2D eigenvalue weighted by Crippen LogP contribution is -2.30. The molecule has 1 fully saturated rings. The minimum atomic E-state index is -3.70. The first-order valence-corrected chi connectivity index (χ1v) is 14.3. The highest BCUT2D eigenvalue weighted by atomic mass is 35.5. The average molecular weight is 561 g/mol. The second-order valence-corrected chi connectivity index (χ2v) is 11.3. The lowest BCUT2D eigenvalue weighted by molar-refractivity contribution is 0.186. The fourth-order valence-corrected chi connectivity index (χ4v) is 5.17. The van der Waals surface area contributed by atoms with Crippen LogP contribution in [0.3, 0.4) is 0 Å². The Bertz CT molecular complexity index is 1370. The molecule has 204 valence electrons. The van der Waals surface area contributed by atoms with Crippen LogP contribution in [0.5, 0.6) is 11.5 Å². The summed E-state index contributed by atoms with van der Waals surface area (Å²) in [5.41, 5.74) is 0.980. The Hall–Kier alpha value is -3.12. The molecule has 1 aliphatic rings. The van der Waals surface area contributed by atoms with Gasteiger partial charge in [0.2, 0.25) is 16.0 Å². The van der Waals surface area contributed by atoms with Gasteiger partial charge in [-0.3, -0.25) is 4.90 Å². The van der Waals surface area contributed by atoms with Gasteiger partial charge in [-0.1, -0.05) is 23.7 Å². The first kappa shape index (κ1) is 27.9. The van der Waals surface area contributed by atoms with Gasteiger partial charge in [0.05, 0.1) is 24.2 Å². The van der Waals surface area contributed by atoms with Crippen molar-refractivity contribution < 1.29 is 17.9 Å². The van der Waals surface area contributed by atoms with Crippen molar-refractivity contribution in [3.8, 4) is 11.5 Å². The van der Waals surface area contributed by atoms with Crippen LogP contribution >= 0.6 is 11.6 Å². The van der Waals surface area contributed by atoms with Gasteiger partial charge in [0.15, 0.2) is 5.82 Å². The molecule has 38 heavy (non-hydrogen) atoms. The van der Waals surface area contributed by atoms with Crippen LogP contribution in [0.25, 0.3) is 0 Å². The predicted octanol–water partition coefficient (Wildman–Crippen LogP) is 4.79. The third-order valence-electron chi connectivity index (χ3n) is 6.15. The molecule has 4 rings (SSSR count). The third kappa shape index (κ3) is 6.65. The molecule has 1 unspecified atom stereocenters. The van der Waals surface area contributed by atoms with E-state index in [9.17, 15) is 8.42 Å². The molecule has 1 aromatic heterocycles. The molecule has 1 saturated heterocycles. The second-order valence-electron chi connectivity index (χ2n) is 9.05. The van der Waals surface area contributed by atoms with Gasteiger partial charge in [0.25, 0.3) is 0 Å². The molecule has 2 aromatic carbocycles. The molecule has 10 nitrogen and oxygen atoms in total. The van der Waals surface area contributed by atoms with Crippen LogP contribution in [0.1, 0.15) is 27.2 Å². The zero-order valence-electron chi connectivity index (χ0n) is 21.9. The van der Waals surface area contributed by atoms with Gasteiger partial charge in [-0.15, -0.1) is 0 Å². The molecule has 0 radical (unpaired) electrons. The van der Waals surface area contributed by atoms with Crippen LogP contribution < -0.4 is 24.8 Å². The molecule has 2 heterocycles. The van der Waals surface area contributed by atoms with E-state index in [1.807, 2.05) is 25.1 Å². The van der Waals surface area contributed by atoms with E-state index in [-0.39, 0.29) is 27.8 Å². The predicted molar refractivity (Wildman–Crippen MR) is 150 cm³/mol. The Morgan fingerprint density at radius 1 is 1.16 bits per heavy atom. The van der Waals surface area contributed by atoms with E-state index < -0.39 is 10.0 Å². The molecule has 0 amide bonds. The van der Waals surface area contributed by atoms with E-state index >= 15 is 0 Å². The van der Waals surface area contributed by atoms with Crippen molar-refractivity contribution in [1.29, 1.82) is 0 Å². The van der Waals surface area contributed by atoms with Crippen molar-refractivity contribution in [3.63, 3.8) is 0 Å². The fraction of sp³-hybridized carbons (Fsp3) is 0.385. The molecule has 0 aliphatic carbocycles. The van der Waals surface area contributed by atoms with Crippen molar-refractivity contribution in [3.05, 3.63) is 53.7 Å². The van der Waals surface area contributed by atoms with E-state index in [0.717, 1.165) is 25.3 Å². The van der Waals surface area contributed by atoms with E-state index in [1.54, 1.807) is 18.2 Å². The standard InChI is InChI=1S/C26H33ClN6O4S/c1-5-36-23-14-18(37-19-12-13-33(16-19)17(2)3)10-11-21(23)31-26-29-15-20(27)25(32-26)30-22-8-6-7-9-24(22)38(34,35)28-4/h6-11,14-15,17,19,28H,5,12-13,16H2,1-4H3,(H2,29,30,31,32). The van der Waals surface area contributed by atoms with Gasteiger partial charge in [0.1, 0.15) is 27.5 Å². The molecule has 1 aliphatic heterocycles. The highest BCUT2D eigenvalue weighted by Crippen LogP contribution is 2.34. The Balaban J connectivity index is 1.54. The van der Waals surface area contributed by atoms with E-state index in [0.29, 0.717) is 29.8 Å². The number of rotatable bonds is 11. The molecular weight excluding hydrogens is 528 g/mol. The summed E-state index contributed by atoms with van der Waals surface area (Å²) < 4.78 is 39.3. The topological polar surface area (TPSA) is 118 Å². The molecule has 1 atom stereocenters. The molecule has 0 saturated carbocycles. The highest BCUT2D eigenvalue weighted by Gasteiger charge is 2.26. The Labute approximate surface area is 228 Å². The number of hydrogen-bond donors (Lipinski definition) is 3. The van der Waals surface area contributed by atoms with Crippen LogP contribution in [0, 0.1) is 0 Å². The maximum absolute atomic E-state index is 12.4. The first-order chi connectivity index (χ1) is 18.2. The molecule has 0 spiro atoms. The van der Waals surface area contributed by atoms with Crippen LogP contribution in [-0.2, 0) is 10.0 Å². The number of aromatic nitrogens is 2. The van der Waals surface area contributed by atoms with Gasteiger partial charge in [-0.2, -0.15) is 4.98 Å². The Kier molecular flexibility index (Phi) is 8.93. The summed E-state index contributed by atoms with van der Waals surface area (Å²) in [5.74, 6) is 1.83. The number of anilines is 4. The van der Waals surface area contributed by atoms with E-state index in [2.05, 4.69) is 44.1 Å². The van der Waals surface area contributed by atoms with Gasteiger partial charge >= 0.3 is 0 Å². The summed E-state index contributed by atoms with van der Waals surface area (Å²) in [6.45, 7) is 8.68. The van der Waals surface area contributed by atoms with Gasteiger partial charge < -0.3 is 20.1 Å². The number of hydrogen-bond acceptors (Lipinski definition) is 9. The van der Waals surface area contributed by atoms with Gasteiger partial charge in [-0.05, 0) is 58.5 Å². The quantitative estimate of drug-likeness (QED) is 0.304. The largest absolute Gasteiger partial charge is 0.492 e. The zero-order chi connectivity index (χ0) is 27.3. The summed E-state index contributed by atoms with van der Waals surface area (Å²) in [6.07, 6.45) is 2.55. The average Bonchev–Trinajstić information content (AvgIpc) is 3.37. The maximum Gasteiger partial charge on any atom is 0.242 e. The summed E-state index contributed by atoms with van der Waals surface area (Å²) in [4.78, 5) is 11.2. The summed E-state index contributed by atoms with van der Waals surface area (Å²) in [7, 11) is -2.35. The Morgan fingerprint density at radius 2 is 1.95 bits per heavy atom. The Morgan fingerprint density at radius 3 is 2.66 bits per heavy atom. The van der Waals surface area contributed by atoms with Crippen LogP contribution in [0.2, 0.25) is 5.02 Å². The number of benzene rings is 2.